The van der Waals surface area contributed by atoms with Crippen molar-refractivity contribution in [2.45, 2.75) is 45.7 Å². The maximum Gasteiger partial charge on any atom is 0.272 e. The van der Waals surface area contributed by atoms with Gasteiger partial charge in [-0.1, -0.05) is 29.8 Å². The van der Waals surface area contributed by atoms with Crippen LogP contribution in [0.4, 0.5) is 0 Å². The molecule has 28 heavy (non-hydrogen) atoms. The first kappa shape index (κ1) is 18.7. The Morgan fingerprint density at radius 3 is 2.61 bits per heavy atom. The van der Waals surface area contributed by atoms with E-state index in [0.29, 0.717) is 37.7 Å². The predicted octanol–water partition coefficient (Wildman–Crippen LogP) is 2.69. The van der Waals surface area contributed by atoms with Gasteiger partial charge < -0.3 is 9.80 Å². The normalized spacial score (nSPS) is 22.3. The van der Waals surface area contributed by atoms with Gasteiger partial charge in [-0.2, -0.15) is 5.10 Å². The van der Waals surface area contributed by atoms with Crippen LogP contribution >= 0.6 is 0 Å². The lowest BCUT2D eigenvalue weighted by molar-refractivity contribution is -0.133. The fourth-order valence-electron chi connectivity index (χ4n) is 4.57. The molecule has 0 bridgehead atoms. The average Bonchev–Trinajstić information content (AvgIpc) is 3.19. The summed E-state index contributed by atoms with van der Waals surface area (Å²) < 4.78 is 1.65. The second-order valence-electron chi connectivity index (χ2n) is 8.23. The Morgan fingerprint density at radius 2 is 1.93 bits per heavy atom. The highest BCUT2D eigenvalue weighted by Crippen LogP contribution is 2.32. The van der Waals surface area contributed by atoms with Gasteiger partial charge in [-0.3, -0.25) is 14.3 Å². The molecule has 0 unspecified atom stereocenters. The molecule has 2 atom stereocenters. The molecule has 0 saturated carbocycles. The molecule has 6 nitrogen and oxygen atoms in total. The quantitative estimate of drug-likeness (QED) is 0.823. The lowest BCUT2D eigenvalue weighted by Gasteiger charge is -2.30. The Bertz CT molecular complexity index is 886. The van der Waals surface area contributed by atoms with E-state index in [1.54, 1.807) is 4.68 Å². The molecular weight excluding hydrogens is 352 g/mol. The Morgan fingerprint density at radius 1 is 1.18 bits per heavy atom. The summed E-state index contributed by atoms with van der Waals surface area (Å²) in [5.74, 6) is 0.563. The van der Waals surface area contributed by atoms with Crippen LogP contribution in [0.1, 0.15) is 46.6 Å². The third-order valence-electron chi connectivity index (χ3n) is 6.07. The van der Waals surface area contributed by atoms with Crippen LogP contribution in [-0.2, 0) is 18.4 Å². The average molecular weight is 380 g/mol. The number of rotatable bonds is 3. The van der Waals surface area contributed by atoms with Gasteiger partial charge >= 0.3 is 0 Å². The van der Waals surface area contributed by atoms with Crippen LogP contribution in [0.15, 0.2) is 30.3 Å². The molecule has 1 aromatic heterocycles. The van der Waals surface area contributed by atoms with Crippen molar-refractivity contribution in [3.8, 4) is 0 Å². The number of hydrogen-bond donors (Lipinski definition) is 0. The van der Waals surface area contributed by atoms with E-state index in [1.165, 1.54) is 5.56 Å². The van der Waals surface area contributed by atoms with E-state index >= 15 is 0 Å². The van der Waals surface area contributed by atoms with E-state index in [1.807, 2.05) is 29.8 Å². The number of benzene rings is 1. The Balaban J connectivity index is 1.55. The minimum atomic E-state index is 0.0129. The summed E-state index contributed by atoms with van der Waals surface area (Å²) in [5, 5.41) is 4.30. The van der Waals surface area contributed by atoms with Crippen LogP contribution in [0.5, 0.6) is 0 Å². The molecule has 3 heterocycles. The molecule has 2 aliphatic heterocycles. The minimum absolute atomic E-state index is 0.0129. The standard InChI is InChI=1S/C22H28N4O2/c1-15-7-9-17(10-8-15)12-26-20-14-25(13-18(20)5-4-6-21(26)27)22(28)19-11-16(2)23-24(19)3/h7-11,18,20H,4-6,12-14H2,1-3H3/t18-,20+/m1/s1. The van der Waals surface area contributed by atoms with Crippen molar-refractivity contribution in [2.75, 3.05) is 13.1 Å². The molecule has 2 amide bonds. The zero-order valence-corrected chi connectivity index (χ0v) is 16.9. The molecule has 2 saturated heterocycles. The van der Waals surface area contributed by atoms with Gasteiger partial charge in [0.25, 0.3) is 5.91 Å². The van der Waals surface area contributed by atoms with E-state index < -0.39 is 0 Å². The topological polar surface area (TPSA) is 58.4 Å². The number of aromatic nitrogens is 2. The molecule has 2 fully saturated rings. The highest BCUT2D eigenvalue weighted by molar-refractivity contribution is 5.93. The van der Waals surface area contributed by atoms with Gasteiger partial charge in [0, 0.05) is 33.1 Å². The molecule has 6 heteroatoms. The predicted molar refractivity (Wildman–Crippen MR) is 107 cm³/mol. The van der Waals surface area contributed by atoms with Crippen molar-refractivity contribution in [1.82, 2.24) is 19.6 Å². The zero-order valence-electron chi connectivity index (χ0n) is 16.9. The largest absolute Gasteiger partial charge is 0.335 e. The van der Waals surface area contributed by atoms with E-state index in [4.69, 9.17) is 0 Å². The molecule has 2 aliphatic rings. The number of likely N-dealkylation sites (tertiary alicyclic amines) is 2. The smallest absolute Gasteiger partial charge is 0.272 e. The van der Waals surface area contributed by atoms with E-state index in [0.717, 1.165) is 24.1 Å². The van der Waals surface area contributed by atoms with Gasteiger partial charge in [-0.25, -0.2) is 0 Å². The van der Waals surface area contributed by atoms with Gasteiger partial charge in [0.2, 0.25) is 5.91 Å². The molecule has 4 rings (SSSR count). The van der Waals surface area contributed by atoms with Crippen LogP contribution in [-0.4, -0.2) is 50.5 Å². The number of nitrogens with zero attached hydrogens (tertiary/aromatic N) is 4. The molecule has 0 aliphatic carbocycles. The van der Waals surface area contributed by atoms with E-state index in [-0.39, 0.29) is 17.9 Å². The summed E-state index contributed by atoms with van der Waals surface area (Å²) in [6.45, 7) is 5.90. The summed E-state index contributed by atoms with van der Waals surface area (Å²) >= 11 is 0. The summed E-state index contributed by atoms with van der Waals surface area (Å²) in [6.07, 6.45) is 2.50. The van der Waals surface area contributed by atoms with Crippen LogP contribution < -0.4 is 0 Å². The number of carbonyl (C=O) groups excluding carboxylic acids is 2. The second kappa shape index (κ2) is 7.41. The molecule has 2 aromatic rings. The number of carbonyl (C=O) groups is 2. The van der Waals surface area contributed by atoms with Crippen LogP contribution in [0.25, 0.3) is 0 Å². The number of amides is 2. The second-order valence-corrected chi connectivity index (χ2v) is 8.23. The van der Waals surface area contributed by atoms with Gasteiger partial charge in [-0.15, -0.1) is 0 Å². The van der Waals surface area contributed by atoms with Crippen LogP contribution in [0, 0.1) is 19.8 Å². The molecule has 1 aromatic carbocycles. The van der Waals surface area contributed by atoms with Crippen molar-refractivity contribution >= 4 is 11.8 Å². The van der Waals surface area contributed by atoms with Crippen molar-refractivity contribution < 1.29 is 9.59 Å². The molecule has 148 valence electrons. The number of fused-ring (bicyclic) bond motifs is 1. The summed E-state index contributed by atoms with van der Waals surface area (Å²) in [7, 11) is 1.81. The minimum Gasteiger partial charge on any atom is -0.335 e. The van der Waals surface area contributed by atoms with Crippen molar-refractivity contribution in [2.24, 2.45) is 13.0 Å². The van der Waals surface area contributed by atoms with Gasteiger partial charge in [-0.05, 0) is 44.2 Å². The first-order chi connectivity index (χ1) is 13.4. The van der Waals surface area contributed by atoms with Crippen molar-refractivity contribution in [3.05, 3.63) is 52.8 Å². The zero-order chi connectivity index (χ0) is 19.8. The fraction of sp³-hybridized carbons (Fsp3) is 0.500. The molecular formula is C22H28N4O2. The molecule has 0 spiro atoms. The third-order valence-corrected chi connectivity index (χ3v) is 6.07. The molecule has 0 N–H and O–H groups in total. The first-order valence-electron chi connectivity index (χ1n) is 10.1. The van der Waals surface area contributed by atoms with Crippen LogP contribution in [0.3, 0.4) is 0 Å². The van der Waals surface area contributed by atoms with Crippen LogP contribution in [0.2, 0.25) is 0 Å². The van der Waals surface area contributed by atoms with Gasteiger partial charge in [0.05, 0.1) is 11.7 Å². The Labute approximate surface area is 166 Å². The Hall–Kier alpha value is -2.63. The Kier molecular flexibility index (Phi) is 4.96. The summed E-state index contributed by atoms with van der Waals surface area (Å²) in [5.41, 5.74) is 3.82. The van der Waals surface area contributed by atoms with Gasteiger partial charge in [0.1, 0.15) is 5.69 Å². The van der Waals surface area contributed by atoms with E-state index in [9.17, 15) is 9.59 Å². The summed E-state index contributed by atoms with van der Waals surface area (Å²) in [4.78, 5) is 29.8. The monoisotopic (exact) mass is 380 g/mol. The molecule has 0 radical (unpaired) electrons. The maximum absolute atomic E-state index is 13.1. The fourth-order valence-corrected chi connectivity index (χ4v) is 4.57. The van der Waals surface area contributed by atoms with Crippen molar-refractivity contribution in [1.29, 1.82) is 0 Å². The van der Waals surface area contributed by atoms with Crippen molar-refractivity contribution in [3.63, 3.8) is 0 Å². The van der Waals surface area contributed by atoms with Gasteiger partial charge in [0.15, 0.2) is 0 Å². The summed E-state index contributed by atoms with van der Waals surface area (Å²) in [6, 6.07) is 10.3. The van der Waals surface area contributed by atoms with E-state index in [2.05, 4.69) is 36.3 Å². The lowest BCUT2D eigenvalue weighted by atomic mass is 9.98. The lowest BCUT2D eigenvalue weighted by Crippen LogP contribution is -2.43. The third kappa shape index (κ3) is 3.55. The number of aryl methyl sites for hydroxylation is 3. The maximum atomic E-state index is 13.1. The number of hydrogen-bond acceptors (Lipinski definition) is 3. The first-order valence-corrected chi connectivity index (χ1v) is 10.1. The SMILES string of the molecule is Cc1ccc(CN2C(=O)CCC[C@@H]3CN(C(=O)c4cc(C)nn4C)C[C@@H]32)cc1. The highest BCUT2D eigenvalue weighted by Gasteiger charge is 2.42. The highest BCUT2D eigenvalue weighted by atomic mass is 16.2.